The topological polar surface area (TPSA) is 0 Å². The van der Waals surface area contributed by atoms with Crippen LogP contribution in [0.4, 0.5) is 0 Å². The lowest BCUT2D eigenvalue weighted by Gasteiger charge is -2.22. The molecular weight excluding hydrogens is 228 g/mol. The largest absolute Gasteiger partial charge is 0.106 e. The molecule has 0 bridgehead atoms. The number of allylic oxidation sites excluding steroid dienone is 6. The maximum absolute atomic E-state index is 4.08. The quantitative estimate of drug-likeness (QED) is 0.454. The van der Waals surface area contributed by atoms with Gasteiger partial charge in [-0.25, -0.2) is 0 Å². The van der Waals surface area contributed by atoms with Crippen molar-refractivity contribution in [3.8, 4) is 0 Å². The van der Waals surface area contributed by atoms with Gasteiger partial charge in [-0.15, -0.1) is 26.3 Å². The molecular formula is C19H32. The maximum Gasteiger partial charge on any atom is -0.0230 e. The van der Waals surface area contributed by atoms with Gasteiger partial charge in [-0.2, -0.15) is 0 Å². The van der Waals surface area contributed by atoms with Gasteiger partial charge in [0.15, 0.2) is 0 Å². The fourth-order valence-corrected chi connectivity index (χ4v) is 1.75. The molecule has 0 saturated heterocycles. The summed E-state index contributed by atoms with van der Waals surface area (Å²) in [6.07, 6.45) is 7.76. The highest BCUT2D eigenvalue weighted by atomic mass is 14.2. The van der Waals surface area contributed by atoms with Crippen molar-refractivity contribution in [2.75, 3.05) is 0 Å². The molecule has 0 spiro atoms. The summed E-state index contributed by atoms with van der Waals surface area (Å²) >= 11 is 0. The molecule has 0 unspecified atom stereocenters. The summed E-state index contributed by atoms with van der Waals surface area (Å²) in [7, 11) is 0. The van der Waals surface area contributed by atoms with Crippen molar-refractivity contribution in [3.05, 3.63) is 73.9 Å². The molecule has 0 heterocycles. The Hall–Kier alpha value is -1.56. The van der Waals surface area contributed by atoms with Crippen LogP contribution in [0, 0.1) is 0 Å². The van der Waals surface area contributed by atoms with Crippen LogP contribution in [0.1, 0.15) is 47.0 Å². The number of hydrogen-bond donors (Lipinski definition) is 0. The molecule has 108 valence electrons. The molecule has 1 aliphatic rings. The lowest BCUT2D eigenvalue weighted by atomic mass is 9.83. The molecule has 1 rings (SSSR count). The standard InChI is InChI=1S/C13H18.C2H6.2C2H4/c1-5-7-13-9-8-12(6-2)10(3)11(13)4;3*1-2/h6-7H,3-5,8-9H2,1-2H3;1-2H3;2*1-2H2/b12-6-,13-7-;;;. The molecule has 0 nitrogen and oxygen atoms in total. The molecule has 1 fully saturated rings. The highest BCUT2D eigenvalue weighted by Crippen LogP contribution is 2.35. The second kappa shape index (κ2) is 16.4. The zero-order valence-electron chi connectivity index (χ0n) is 13.5. The van der Waals surface area contributed by atoms with Crippen LogP contribution in [0.2, 0.25) is 0 Å². The summed E-state index contributed by atoms with van der Waals surface area (Å²) in [6.45, 7) is 28.4. The van der Waals surface area contributed by atoms with E-state index in [1.54, 1.807) is 0 Å². The Bertz CT molecular complexity index is 307. The third-order valence-electron chi connectivity index (χ3n) is 2.60. The molecule has 0 heteroatoms. The first-order chi connectivity index (χ1) is 9.20. The third kappa shape index (κ3) is 8.20. The monoisotopic (exact) mass is 260 g/mol. The summed E-state index contributed by atoms with van der Waals surface area (Å²) in [6, 6.07) is 0. The van der Waals surface area contributed by atoms with Gasteiger partial charge in [0.25, 0.3) is 0 Å². The minimum Gasteiger partial charge on any atom is -0.106 e. The Balaban J connectivity index is -0.000000375. The van der Waals surface area contributed by atoms with Gasteiger partial charge in [-0.05, 0) is 48.5 Å². The predicted molar refractivity (Wildman–Crippen MR) is 93.5 cm³/mol. The molecule has 0 aromatic heterocycles. The summed E-state index contributed by atoms with van der Waals surface area (Å²) in [5.41, 5.74) is 5.02. The van der Waals surface area contributed by atoms with Gasteiger partial charge < -0.3 is 0 Å². The van der Waals surface area contributed by atoms with E-state index in [1.807, 2.05) is 13.8 Å². The van der Waals surface area contributed by atoms with Gasteiger partial charge in [0.05, 0.1) is 0 Å². The zero-order chi connectivity index (χ0) is 15.8. The van der Waals surface area contributed by atoms with Crippen LogP contribution in [0.5, 0.6) is 0 Å². The van der Waals surface area contributed by atoms with E-state index < -0.39 is 0 Å². The fraction of sp³-hybridized carbons (Fsp3) is 0.368. The van der Waals surface area contributed by atoms with Gasteiger partial charge in [-0.3, -0.25) is 0 Å². The van der Waals surface area contributed by atoms with E-state index in [1.165, 1.54) is 11.1 Å². The van der Waals surface area contributed by atoms with Crippen molar-refractivity contribution in [2.45, 2.75) is 47.0 Å². The zero-order valence-corrected chi connectivity index (χ0v) is 13.5. The van der Waals surface area contributed by atoms with Crippen LogP contribution in [0.3, 0.4) is 0 Å². The Morgan fingerprint density at radius 3 is 1.63 bits per heavy atom. The van der Waals surface area contributed by atoms with Crippen molar-refractivity contribution >= 4 is 0 Å². The van der Waals surface area contributed by atoms with Gasteiger partial charge in [0.2, 0.25) is 0 Å². The van der Waals surface area contributed by atoms with Crippen LogP contribution < -0.4 is 0 Å². The number of hydrogen-bond acceptors (Lipinski definition) is 0. The molecule has 0 aliphatic heterocycles. The summed E-state index contributed by atoms with van der Waals surface area (Å²) in [5, 5.41) is 0. The van der Waals surface area contributed by atoms with Crippen LogP contribution in [0.25, 0.3) is 0 Å². The van der Waals surface area contributed by atoms with E-state index in [0.717, 1.165) is 30.4 Å². The molecule has 1 saturated carbocycles. The second-order valence-electron chi connectivity index (χ2n) is 3.41. The first kappa shape index (κ1) is 22.6. The molecule has 0 radical (unpaired) electrons. The Labute approximate surface area is 121 Å². The van der Waals surface area contributed by atoms with Crippen molar-refractivity contribution in [2.24, 2.45) is 0 Å². The van der Waals surface area contributed by atoms with Gasteiger partial charge >= 0.3 is 0 Å². The molecule has 0 aromatic carbocycles. The van der Waals surface area contributed by atoms with Gasteiger partial charge in [-0.1, -0.05) is 46.1 Å². The Morgan fingerprint density at radius 1 is 0.895 bits per heavy atom. The van der Waals surface area contributed by atoms with E-state index in [4.69, 9.17) is 0 Å². The summed E-state index contributed by atoms with van der Waals surface area (Å²) < 4.78 is 0. The second-order valence-corrected chi connectivity index (χ2v) is 3.41. The first-order valence-electron chi connectivity index (χ1n) is 6.93. The SMILES string of the molecule is C=C.C=C.C=C1C(=C)/C(=C\CC)CC/C1=C/C.CC. The number of rotatable bonds is 1. The predicted octanol–water partition coefficient (Wildman–Crippen LogP) is 6.81. The third-order valence-corrected chi connectivity index (χ3v) is 2.60. The van der Waals surface area contributed by atoms with E-state index in [2.05, 4.69) is 65.5 Å². The maximum atomic E-state index is 4.08. The molecule has 0 N–H and O–H groups in total. The van der Waals surface area contributed by atoms with E-state index >= 15 is 0 Å². The Kier molecular flexibility index (Phi) is 19.6. The molecule has 19 heavy (non-hydrogen) atoms. The van der Waals surface area contributed by atoms with Crippen LogP contribution in [-0.4, -0.2) is 0 Å². The fourth-order valence-electron chi connectivity index (χ4n) is 1.75. The smallest absolute Gasteiger partial charge is 0.0230 e. The summed E-state index contributed by atoms with van der Waals surface area (Å²) in [4.78, 5) is 0. The lowest BCUT2D eigenvalue weighted by Crippen LogP contribution is -2.03. The first-order valence-corrected chi connectivity index (χ1v) is 6.93. The normalized spacial score (nSPS) is 17.5. The van der Waals surface area contributed by atoms with Crippen molar-refractivity contribution in [1.29, 1.82) is 0 Å². The average Bonchev–Trinajstić information content (AvgIpc) is 2.51. The molecule has 0 amide bonds. The summed E-state index contributed by atoms with van der Waals surface area (Å²) in [5.74, 6) is 0. The van der Waals surface area contributed by atoms with Crippen LogP contribution >= 0.6 is 0 Å². The van der Waals surface area contributed by atoms with Crippen molar-refractivity contribution in [1.82, 2.24) is 0 Å². The van der Waals surface area contributed by atoms with E-state index in [9.17, 15) is 0 Å². The van der Waals surface area contributed by atoms with E-state index in [0.29, 0.717) is 0 Å². The highest BCUT2D eigenvalue weighted by Gasteiger charge is 2.16. The minimum atomic E-state index is 1.09. The van der Waals surface area contributed by atoms with Crippen molar-refractivity contribution in [3.63, 3.8) is 0 Å². The van der Waals surface area contributed by atoms with E-state index in [-0.39, 0.29) is 0 Å². The minimum absolute atomic E-state index is 1.09. The average molecular weight is 260 g/mol. The Morgan fingerprint density at radius 2 is 1.26 bits per heavy atom. The lowest BCUT2D eigenvalue weighted by molar-refractivity contribution is 0.894. The molecule has 0 aromatic rings. The molecule has 1 aliphatic carbocycles. The highest BCUT2D eigenvalue weighted by molar-refractivity contribution is 5.56. The molecule has 0 atom stereocenters. The van der Waals surface area contributed by atoms with Gasteiger partial charge in [0, 0.05) is 0 Å². The van der Waals surface area contributed by atoms with Crippen LogP contribution in [0.15, 0.2) is 73.9 Å². The van der Waals surface area contributed by atoms with Gasteiger partial charge in [0.1, 0.15) is 0 Å². The van der Waals surface area contributed by atoms with Crippen LogP contribution in [-0.2, 0) is 0 Å². The van der Waals surface area contributed by atoms with Crippen molar-refractivity contribution < 1.29 is 0 Å².